The van der Waals surface area contributed by atoms with E-state index in [9.17, 15) is 0 Å². The summed E-state index contributed by atoms with van der Waals surface area (Å²) in [6, 6.07) is 2.32. The van der Waals surface area contributed by atoms with E-state index >= 15 is 0 Å². The first-order chi connectivity index (χ1) is 9.06. The number of hydrogen-bond acceptors (Lipinski definition) is 2. The predicted molar refractivity (Wildman–Crippen MR) is 86.7 cm³/mol. The molecule has 2 atom stereocenters. The minimum absolute atomic E-state index is 0.548. The first-order valence-electron chi connectivity index (χ1n) is 7.50. The third-order valence-corrected chi connectivity index (χ3v) is 6.38. The van der Waals surface area contributed by atoms with Crippen molar-refractivity contribution in [1.82, 2.24) is 5.32 Å². The molecule has 2 aliphatic rings. The molecule has 1 aromatic rings. The Labute approximate surface area is 129 Å². The topological polar surface area (TPSA) is 12.0 Å². The van der Waals surface area contributed by atoms with Gasteiger partial charge in [-0.3, -0.25) is 0 Å². The van der Waals surface area contributed by atoms with Crippen molar-refractivity contribution in [3.63, 3.8) is 0 Å². The Morgan fingerprint density at radius 3 is 2.74 bits per heavy atom. The highest BCUT2D eigenvalue weighted by Crippen LogP contribution is 2.60. The fraction of sp³-hybridized carbons (Fsp3) is 0.750. The highest BCUT2D eigenvalue weighted by molar-refractivity contribution is 9.10. The molecule has 0 aliphatic heterocycles. The second-order valence-corrected chi connectivity index (χ2v) is 9.01. The van der Waals surface area contributed by atoms with E-state index in [0.717, 1.165) is 24.3 Å². The summed E-state index contributed by atoms with van der Waals surface area (Å²) in [5.74, 6) is 2.87. The number of fused-ring (bicyclic) bond motifs is 1. The van der Waals surface area contributed by atoms with Crippen LogP contribution in [0.25, 0.3) is 0 Å². The van der Waals surface area contributed by atoms with Crippen molar-refractivity contribution in [2.75, 3.05) is 13.1 Å². The molecule has 19 heavy (non-hydrogen) atoms. The minimum Gasteiger partial charge on any atom is -0.316 e. The summed E-state index contributed by atoms with van der Waals surface area (Å²) in [7, 11) is 0. The molecule has 0 radical (unpaired) electrons. The lowest BCUT2D eigenvalue weighted by Crippen LogP contribution is -2.36. The summed E-state index contributed by atoms with van der Waals surface area (Å²) in [6.45, 7) is 6.96. The van der Waals surface area contributed by atoms with Gasteiger partial charge in [-0.15, -0.1) is 11.3 Å². The van der Waals surface area contributed by atoms with Gasteiger partial charge in [0.1, 0.15) is 0 Å². The van der Waals surface area contributed by atoms with E-state index in [0.29, 0.717) is 5.41 Å². The molecule has 1 heterocycles. The summed E-state index contributed by atoms with van der Waals surface area (Å²) in [5.41, 5.74) is 0.548. The molecule has 2 saturated carbocycles. The van der Waals surface area contributed by atoms with Gasteiger partial charge in [-0.2, -0.15) is 0 Å². The number of halogens is 1. The average molecular weight is 342 g/mol. The first kappa shape index (κ1) is 14.1. The SMILES string of the molecule is CC(C)CNCC1(Cc2cc(Br)cs2)CC2CC2C1. The molecule has 2 aliphatic carbocycles. The second kappa shape index (κ2) is 5.50. The van der Waals surface area contributed by atoms with Crippen molar-refractivity contribution in [1.29, 1.82) is 0 Å². The van der Waals surface area contributed by atoms with E-state index in [1.165, 1.54) is 36.7 Å². The van der Waals surface area contributed by atoms with Crippen molar-refractivity contribution in [3.05, 3.63) is 20.8 Å². The molecular formula is C16H24BrNS. The lowest BCUT2D eigenvalue weighted by Gasteiger charge is -2.31. The van der Waals surface area contributed by atoms with E-state index in [2.05, 4.69) is 46.5 Å². The lowest BCUT2D eigenvalue weighted by atomic mass is 9.79. The Morgan fingerprint density at radius 2 is 2.16 bits per heavy atom. The number of rotatable bonds is 6. The quantitative estimate of drug-likeness (QED) is 0.789. The number of hydrogen-bond donors (Lipinski definition) is 1. The predicted octanol–water partition coefficient (Wildman–Crippen LogP) is 4.72. The van der Waals surface area contributed by atoms with Crippen LogP contribution in [-0.2, 0) is 6.42 Å². The molecule has 0 bridgehead atoms. The molecule has 1 nitrogen and oxygen atoms in total. The molecule has 2 fully saturated rings. The van der Waals surface area contributed by atoms with E-state index in [-0.39, 0.29) is 0 Å². The third-order valence-electron chi connectivity index (χ3n) is 4.68. The zero-order valence-corrected chi connectivity index (χ0v) is 14.3. The number of nitrogens with one attached hydrogen (secondary N) is 1. The molecule has 1 N–H and O–H groups in total. The van der Waals surface area contributed by atoms with Gasteiger partial charge in [0.05, 0.1) is 0 Å². The Bertz CT molecular complexity index is 430. The van der Waals surface area contributed by atoms with Crippen LogP contribution in [0.2, 0.25) is 0 Å². The standard InChI is InChI=1S/C16H24BrNS/c1-11(2)8-18-10-16(5-12-3-13(12)6-16)7-15-4-14(17)9-19-15/h4,9,11-13,18H,3,5-8,10H2,1-2H3. The fourth-order valence-electron chi connectivity index (χ4n) is 3.80. The van der Waals surface area contributed by atoms with Gasteiger partial charge in [0.25, 0.3) is 0 Å². The Morgan fingerprint density at radius 1 is 1.42 bits per heavy atom. The van der Waals surface area contributed by atoms with Crippen LogP contribution in [0, 0.1) is 23.2 Å². The summed E-state index contributed by atoms with van der Waals surface area (Å²) in [4.78, 5) is 1.56. The van der Waals surface area contributed by atoms with Crippen molar-refractivity contribution in [2.45, 2.75) is 39.5 Å². The lowest BCUT2D eigenvalue weighted by molar-refractivity contribution is 0.246. The van der Waals surface area contributed by atoms with Crippen LogP contribution in [0.15, 0.2) is 15.9 Å². The normalized spacial score (nSPS) is 32.8. The fourth-order valence-corrected chi connectivity index (χ4v) is 5.42. The van der Waals surface area contributed by atoms with Crippen molar-refractivity contribution >= 4 is 27.3 Å². The molecule has 1 aromatic heterocycles. The molecule has 0 saturated heterocycles. The average Bonchev–Trinajstić information content (AvgIpc) is 2.75. The highest BCUT2D eigenvalue weighted by atomic mass is 79.9. The molecule has 106 valence electrons. The summed E-state index contributed by atoms with van der Waals surface area (Å²) >= 11 is 5.50. The largest absolute Gasteiger partial charge is 0.316 e. The van der Waals surface area contributed by atoms with Crippen LogP contribution in [0.3, 0.4) is 0 Å². The van der Waals surface area contributed by atoms with Crippen LogP contribution >= 0.6 is 27.3 Å². The van der Waals surface area contributed by atoms with Crippen molar-refractivity contribution in [2.24, 2.45) is 23.2 Å². The molecule has 0 amide bonds. The number of thiophene rings is 1. The van der Waals surface area contributed by atoms with Crippen molar-refractivity contribution in [3.8, 4) is 0 Å². The van der Waals surface area contributed by atoms with Crippen LogP contribution in [0.1, 0.15) is 38.0 Å². The minimum atomic E-state index is 0.548. The summed E-state index contributed by atoms with van der Waals surface area (Å²) in [5, 5.41) is 5.95. The third kappa shape index (κ3) is 3.43. The highest BCUT2D eigenvalue weighted by Gasteiger charge is 2.53. The first-order valence-corrected chi connectivity index (χ1v) is 9.17. The summed E-state index contributed by atoms with van der Waals surface area (Å²) < 4.78 is 1.25. The molecular weight excluding hydrogens is 318 g/mol. The van der Waals surface area contributed by atoms with Crippen LogP contribution in [-0.4, -0.2) is 13.1 Å². The second-order valence-electron chi connectivity index (χ2n) is 7.10. The van der Waals surface area contributed by atoms with Gasteiger partial charge in [0.15, 0.2) is 0 Å². The smallest absolute Gasteiger partial charge is 0.0285 e. The van der Waals surface area contributed by atoms with Gasteiger partial charge in [0.2, 0.25) is 0 Å². The Balaban J connectivity index is 1.63. The molecule has 2 unspecified atom stereocenters. The zero-order chi connectivity index (χ0) is 13.5. The van der Waals surface area contributed by atoms with Crippen LogP contribution in [0.4, 0.5) is 0 Å². The maximum atomic E-state index is 3.73. The van der Waals surface area contributed by atoms with Gasteiger partial charge < -0.3 is 5.32 Å². The Hall–Kier alpha value is 0.140. The van der Waals surface area contributed by atoms with Crippen molar-refractivity contribution < 1.29 is 0 Å². The maximum Gasteiger partial charge on any atom is 0.0285 e. The van der Waals surface area contributed by atoms with Gasteiger partial charge in [0, 0.05) is 21.3 Å². The van der Waals surface area contributed by atoms with Crippen LogP contribution in [0.5, 0.6) is 0 Å². The van der Waals surface area contributed by atoms with Gasteiger partial charge in [-0.05, 0) is 77.4 Å². The van der Waals surface area contributed by atoms with E-state index in [1.54, 1.807) is 4.88 Å². The maximum absolute atomic E-state index is 3.73. The van der Waals surface area contributed by atoms with E-state index < -0.39 is 0 Å². The molecule has 0 aromatic carbocycles. The van der Waals surface area contributed by atoms with Crippen LogP contribution < -0.4 is 5.32 Å². The molecule has 3 rings (SSSR count). The van der Waals surface area contributed by atoms with E-state index in [1.807, 2.05) is 11.3 Å². The zero-order valence-electron chi connectivity index (χ0n) is 11.9. The molecule has 3 heteroatoms. The van der Waals surface area contributed by atoms with Gasteiger partial charge >= 0.3 is 0 Å². The summed E-state index contributed by atoms with van der Waals surface area (Å²) in [6.07, 6.45) is 5.71. The monoisotopic (exact) mass is 341 g/mol. The molecule has 0 spiro atoms. The Kier molecular flexibility index (Phi) is 4.08. The van der Waals surface area contributed by atoms with Gasteiger partial charge in [-0.1, -0.05) is 13.8 Å². The van der Waals surface area contributed by atoms with Gasteiger partial charge in [-0.25, -0.2) is 0 Å². The van der Waals surface area contributed by atoms with E-state index in [4.69, 9.17) is 0 Å².